The molecular formula is C11H20N2O2. The summed E-state index contributed by atoms with van der Waals surface area (Å²) in [5.74, 6) is 0.535. The minimum Gasteiger partial charge on any atom is -0.377 e. The highest BCUT2D eigenvalue weighted by Gasteiger charge is 2.32. The number of hydrogen-bond acceptors (Lipinski definition) is 3. The van der Waals surface area contributed by atoms with Crippen LogP contribution in [0, 0.1) is 5.92 Å². The molecule has 1 amide bonds. The van der Waals surface area contributed by atoms with Crippen molar-refractivity contribution in [1.82, 2.24) is 10.2 Å². The molecule has 4 nitrogen and oxygen atoms in total. The van der Waals surface area contributed by atoms with E-state index in [1.807, 2.05) is 4.90 Å². The van der Waals surface area contributed by atoms with Crippen LogP contribution >= 0.6 is 0 Å². The summed E-state index contributed by atoms with van der Waals surface area (Å²) < 4.78 is 5.41. The van der Waals surface area contributed by atoms with Crippen LogP contribution in [0.25, 0.3) is 0 Å². The highest BCUT2D eigenvalue weighted by molar-refractivity contribution is 5.79. The summed E-state index contributed by atoms with van der Waals surface area (Å²) >= 11 is 0. The number of carbonyl (C=O) groups excluding carboxylic acids is 1. The quantitative estimate of drug-likeness (QED) is 0.712. The zero-order valence-electron chi connectivity index (χ0n) is 9.37. The Hall–Kier alpha value is -0.610. The van der Waals surface area contributed by atoms with Crippen molar-refractivity contribution in [3.8, 4) is 0 Å². The Balaban J connectivity index is 1.96. The molecule has 0 aromatic carbocycles. The first kappa shape index (κ1) is 10.9. The van der Waals surface area contributed by atoms with E-state index >= 15 is 0 Å². The molecule has 2 rings (SSSR count). The normalized spacial score (nSPS) is 31.9. The molecule has 0 aromatic rings. The van der Waals surface area contributed by atoms with Gasteiger partial charge in [0.2, 0.25) is 5.91 Å². The van der Waals surface area contributed by atoms with Gasteiger partial charge in [0.25, 0.3) is 0 Å². The second kappa shape index (κ2) is 4.94. The minimum absolute atomic E-state index is 0.206. The Labute approximate surface area is 91.0 Å². The average Bonchev–Trinajstić information content (AvgIpc) is 2.81. The molecule has 1 unspecified atom stereocenters. The molecule has 2 aliphatic heterocycles. The molecule has 1 N–H and O–H groups in total. The van der Waals surface area contributed by atoms with Crippen LogP contribution in [0.2, 0.25) is 0 Å². The lowest BCUT2D eigenvalue weighted by atomic mass is 10.0. The second-order valence-corrected chi connectivity index (χ2v) is 4.36. The van der Waals surface area contributed by atoms with Crippen LogP contribution in [0.5, 0.6) is 0 Å². The van der Waals surface area contributed by atoms with E-state index in [0.717, 1.165) is 32.5 Å². The van der Waals surface area contributed by atoms with Crippen LogP contribution in [0.4, 0.5) is 0 Å². The fourth-order valence-electron chi connectivity index (χ4n) is 2.38. The summed E-state index contributed by atoms with van der Waals surface area (Å²) in [6.45, 7) is 6.13. The Morgan fingerprint density at radius 1 is 1.60 bits per heavy atom. The number of amides is 1. The molecular weight excluding hydrogens is 192 g/mol. The molecule has 0 saturated carbocycles. The Kier molecular flexibility index (Phi) is 3.59. The van der Waals surface area contributed by atoms with Crippen molar-refractivity contribution in [1.29, 1.82) is 0 Å². The summed E-state index contributed by atoms with van der Waals surface area (Å²) in [6, 6.07) is 0.298. The third kappa shape index (κ3) is 2.32. The van der Waals surface area contributed by atoms with E-state index in [1.54, 1.807) is 0 Å². The largest absolute Gasteiger partial charge is 0.377 e. The van der Waals surface area contributed by atoms with E-state index in [-0.39, 0.29) is 5.92 Å². The monoisotopic (exact) mass is 212 g/mol. The molecule has 15 heavy (non-hydrogen) atoms. The number of nitrogens with one attached hydrogen (secondary N) is 1. The topological polar surface area (TPSA) is 41.6 Å². The number of rotatable bonds is 2. The van der Waals surface area contributed by atoms with E-state index in [4.69, 9.17) is 4.74 Å². The predicted octanol–water partition coefficient (Wildman–Crippen LogP) is 0.233. The van der Waals surface area contributed by atoms with Crippen molar-refractivity contribution >= 4 is 5.91 Å². The van der Waals surface area contributed by atoms with Crippen LogP contribution < -0.4 is 5.32 Å². The maximum atomic E-state index is 12.2. The number of carbonyl (C=O) groups is 1. The molecule has 0 radical (unpaired) electrons. The van der Waals surface area contributed by atoms with Gasteiger partial charge in [-0.15, -0.1) is 0 Å². The van der Waals surface area contributed by atoms with Gasteiger partial charge in [-0.25, -0.2) is 0 Å². The van der Waals surface area contributed by atoms with E-state index in [2.05, 4.69) is 12.2 Å². The second-order valence-electron chi connectivity index (χ2n) is 4.36. The van der Waals surface area contributed by atoms with Crippen LogP contribution in [-0.4, -0.2) is 49.7 Å². The summed E-state index contributed by atoms with van der Waals surface area (Å²) in [4.78, 5) is 14.2. The summed E-state index contributed by atoms with van der Waals surface area (Å²) in [7, 11) is 0. The maximum Gasteiger partial charge on any atom is 0.227 e. The SMILES string of the molecule is CCC1COCCN1C(=O)[C@@H]1CCNC1. The van der Waals surface area contributed by atoms with Gasteiger partial charge >= 0.3 is 0 Å². The first-order valence-electron chi connectivity index (χ1n) is 5.92. The molecule has 2 saturated heterocycles. The van der Waals surface area contributed by atoms with E-state index in [9.17, 15) is 4.79 Å². The Morgan fingerprint density at radius 3 is 3.13 bits per heavy atom. The van der Waals surface area contributed by atoms with Crippen molar-refractivity contribution in [2.24, 2.45) is 5.92 Å². The molecule has 2 atom stereocenters. The third-order valence-electron chi connectivity index (χ3n) is 3.39. The lowest BCUT2D eigenvalue weighted by Crippen LogP contribution is -2.50. The molecule has 2 aliphatic rings. The van der Waals surface area contributed by atoms with Gasteiger partial charge in [0.1, 0.15) is 0 Å². The van der Waals surface area contributed by atoms with Gasteiger partial charge < -0.3 is 15.0 Å². The fourth-order valence-corrected chi connectivity index (χ4v) is 2.38. The third-order valence-corrected chi connectivity index (χ3v) is 3.39. The van der Waals surface area contributed by atoms with Gasteiger partial charge in [-0.05, 0) is 19.4 Å². The number of nitrogens with zero attached hydrogens (tertiary/aromatic N) is 1. The maximum absolute atomic E-state index is 12.2. The van der Waals surface area contributed by atoms with Crippen LogP contribution in [0.15, 0.2) is 0 Å². The molecule has 4 heteroatoms. The Bertz CT molecular complexity index is 227. The van der Waals surface area contributed by atoms with Crippen molar-refractivity contribution in [3.05, 3.63) is 0 Å². The van der Waals surface area contributed by atoms with Crippen molar-refractivity contribution in [2.75, 3.05) is 32.8 Å². The van der Waals surface area contributed by atoms with Gasteiger partial charge in [0.05, 0.1) is 25.2 Å². The van der Waals surface area contributed by atoms with Gasteiger partial charge in [0.15, 0.2) is 0 Å². The molecule has 2 heterocycles. The zero-order chi connectivity index (χ0) is 10.7. The van der Waals surface area contributed by atoms with Crippen LogP contribution in [0.3, 0.4) is 0 Å². The van der Waals surface area contributed by atoms with Crippen molar-refractivity contribution < 1.29 is 9.53 Å². The smallest absolute Gasteiger partial charge is 0.227 e. The lowest BCUT2D eigenvalue weighted by Gasteiger charge is -2.36. The molecule has 0 bridgehead atoms. The molecule has 0 aliphatic carbocycles. The summed E-state index contributed by atoms with van der Waals surface area (Å²) in [5, 5.41) is 3.25. The zero-order valence-corrected chi connectivity index (χ0v) is 9.37. The highest BCUT2D eigenvalue weighted by atomic mass is 16.5. The highest BCUT2D eigenvalue weighted by Crippen LogP contribution is 2.17. The van der Waals surface area contributed by atoms with Gasteiger partial charge in [0, 0.05) is 13.1 Å². The van der Waals surface area contributed by atoms with Crippen LogP contribution in [0.1, 0.15) is 19.8 Å². The van der Waals surface area contributed by atoms with Gasteiger partial charge in [-0.1, -0.05) is 6.92 Å². The molecule has 0 spiro atoms. The van der Waals surface area contributed by atoms with E-state index < -0.39 is 0 Å². The number of morpholine rings is 1. The van der Waals surface area contributed by atoms with Gasteiger partial charge in [-0.3, -0.25) is 4.79 Å². The van der Waals surface area contributed by atoms with Gasteiger partial charge in [-0.2, -0.15) is 0 Å². The molecule has 2 fully saturated rings. The number of ether oxygens (including phenoxy) is 1. The number of hydrogen-bond donors (Lipinski definition) is 1. The van der Waals surface area contributed by atoms with Crippen molar-refractivity contribution in [2.45, 2.75) is 25.8 Å². The first-order chi connectivity index (χ1) is 7.33. The average molecular weight is 212 g/mol. The fraction of sp³-hybridized carbons (Fsp3) is 0.909. The minimum atomic E-state index is 0.206. The summed E-state index contributed by atoms with van der Waals surface area (Å²) in [5.41, 5.74) is 0. The van der Waals surface area contributed by atoms with Crippen LogP contribution in [-0.2, 0) is 9.53 Å². The first-order valence-corrected chi connectivity index (χ1v) is 5.92. The Morgan fingerprint density at radius 2 is 2.47 bits per heavy atom. The molecule has 0 aromatic heterocycles. The standard InChI is InChI=1S/C11H20N2O2/c1-2-10-8-15-6-5-13(10)11(14)9-3-4-12-7-9/h9-10,12H,2-8H2,1H3/t9-,10?/m1/s1. The summed E-state index contributed by atoms with van der Waals surface area (Å²) in [6.07, 6.45) is 1.98. The molecule has 86 valence electrons. The van der Waals surface area contributed by atoms with Crippen molar-refractivity contribution in [3.63, 3.8) is 0 Å². The van der Waals surface area contributed by atoms with E-state index in [0.29, 0.717) is 25.2 Å². The lowest BCUT2D eigenvalue weighted by molar-refractivity contribution is -0.143. The predicted molar refractivity (Wildman–Crippen MR) is 57.6 cm³/mol. The van der Waals surface area contributed by atoms with E-state index in [1.165, 1.54) is 0 Å².